The van der Waals surface area contributed by atoms with E-state index in [1.807, 2.05) is 0 Å². The number of carbonyl (C=O) groups is 1. The van der Waals surface area contributed by atoms with Gasteiger partial charge in [0.25, 0.3) is 5.91 Å². The maximum absolute atomic E-state index is 14.1. The van der Waals surface area contributed by atoms with Gasteiger partial charge in [-0.2, -0.15) is 5.10 Å². The Labute approximate surface area is 219 Å². The monoisotopic (exact) mass is 577 g/mol. The molecule has 10 heteroatoms. The molecule has 35 heavy (non-hydrogen) atoms. The number of hydrogen-bond acceptors (Lipinski definition) is 4. The number of nitrogens with one attached hydrogen (secondary N) is 1. The van der Waals surface area contributed by atoms with Crippen molar-refractivity contribution in [2.45, 2.75) is 13.2 Å². The van der Waals surface area contributed by atoms with Crippen LogP contribution in [0, 0.1) is 5.82 Å². The normalized spacial score (nSPS) is 10.8. The molecule has 0 saturated heterocycles. The molecule has 1 amide bonds. The van der Waals surface area contributed by atoms with Crippen molar-refractivity contribution < 1.29 is 18.7 Å². The van der Waals surface area contributed by atoms with Crippen LogP contribution in [0.4, 0.5) is 10.2 Å². The summed E-state index contributed by atoms with van der Waals surface area (Å²) >= 11 is 15.4. The largest absolute Gasteiger partial charge is 0.496 e. The Morgan fingerprint density at radius 2 is 1.91 bits per heavy atom. The molecule has 0 bridgehead atoms. The van der Waals surface area contributed by atoms with Gasteiger partial charge in [-0.15, -0.1) is 0 Å². The molecule has 0 fully saturated rings. The Balaban J connectivity index is 1.48. The number of ether oxygens (including phenoxy) is 2. The average molecular weight is 579 g/mol. The quantitative estimate of drug-likeness (QED) is 0.245. The van der Waals surface area contributed by atoms with Crippen LogP contribution in [0.1, 0.15) is 21.5 Å². The number of carbonyl (C=O) groups excluding carboxylic acids is 1. The molecule has 0 aliphatic heterocycles. The van der Waals surface area contributed by atoms with E-state index in [9.17, 15) is 9.18 Å². The Kier molecular flexibility index (Phi) is 7.95. The lowest BCUT2D eigenvalue weighted by Crippen LogP contribution is -2.14. The molecule has 0 radical (unpaired) electrons. The highest BCUT2D eigenvalue weighted by Gasteiger charge is 2.16. The topological polar surface area (TPSA) is 65.4 Å². The maximum Gasteiger partial charge on any atom is 0.256 e. The first-order valence-electron chi connectivity index (χ1n) is 10.4. The number of aromatic nitrogens is 2. The minimum Gasteiger partial charge on any atom is -0.496 e. The van der Waals surface area contributed by atoms with Crippen LogP contribution in [0.2, 0.25) is 10.0 Å². The molecule has 0 aliphatic carbocycles. The molecule has 0 aliphatic rings. The number of nitrogens with zero attached hydrogens (tertiary/aromatic N) is 2. The van der Waals surface area contributed by atoms with Gasteiger partial charge in [0.1, 0.15) is 23.9 Å². The number of anilines is 1. The summed E-state index contributed by atoms with van der Waals surface area (Å²) < 4.78 is 27.4. The van der Waals surface area contributed by atoms with Gasteiger partial charge in [0.2, 0.25) is 0 Å². The first kappa shape index (κ1) is 25.0. The predicted molar refractivity (Wildman–Crippen MR) is 137 cm³/mol. The van der Waals surface area contributed by atoms with Gasteiger partial charge in [0.05, 0.1) is 18.1 Å². The van der Waals surface area contributed by atoms with Crippen molar-refractivity contribution in [3.05, 3.63) is 104 Å². The summed E-state index contributed by atoms with van der Waals surface area (Å²) in [7, 11) is 1.55. The van der Waals surface area contributed by atoms with Crippen LogP contribution in [-0.4, -0.2) is 22.8 Å². The van der Waals surface area contributed by atoms with E-state index in [1.165, 1.54) is 16.8 Å². The highest BCUT2D eigenvalue weighted by molar-refractivity contribution is 9.10. The minimum atomic E-state index is -0.429. The molecule has 0 atom stereocenters. The number of rotatable bonds is 8. The molecule has 3 aromatic carbocycles. The van der Waals surface area contributed by atoms with Crippen molar-refractivity contribution in [3.63, 3.8) is 0 Å². The van der Waals surface area contributed by atoms with Crippen molar-refractivity contribution in [2.75, 3.05) is 12.4 Å². The molecule has 1 N–H and O–H groups in total. The van der Waals surface area contributed by atoms with Crippen molar-refractivity contribution in [1.29, 1.82) is 0 Å². The van der Waals surface area contributed by atoms with Crippen LogP contribution >= 0.6 is 39.1 Å². The first-order valence-corrected chi connectivity index (χ1v) is 11.9. The Bertz CT molecular complexity index is 1340. The number of hydrogen-bond donors (Lipinski definition) is 1. The van der Waals surface area contributed by atoms with E-state index in [4.69, 9.17) is 32.7 Å². The highest BCUT2D eigenvalue weighted by atomic mass is 79.9. The van der Waals surface area contributed by atoms with Crippen LogP contribution < -0.4 is 14.8 Å². The third kappa shape index (κ3) is 6.14. The van der Waals surface area contributed by atoms with Gasteiger partial charge < -0.3 is 14.8 Å². The second kappa shape index (κ2) is 11.1. The lowest BCUT2D eigenvalue weighted by atomic mass is 10.1. The van der Waals surface area contributed by atoms with Crippen molar-refractivity contribution >= 4 is 50.9 Å². The fourth-order valence-corrected chi connectivity index (χ4v) is 4.08. The molecule has 0 unspecified atom stereocenters. The van der Waals surface area contributed by atoms with Crippen LogP contribution in [0.25, 0.3) is 0 Å². The van der Waals surface area contributed by atoms with E-state index in [2.05, 4.69) is 26.3 Å². The zero-order valence-electron chi connectivity index (χ0n) is 18.4. The molecule has 180 valence electrons. The fourth-order valence-electron chi connectivity index (χ4n) is 3.31. The molecular formula is C25H19BrCl2FN3O3. The number of halogens is 4. The third-order valence-corrected chi connectivity index (χ3v) is 6.27. The van der Waals surface area contributed by atoms with Gasteiger partial charge in [-0.1, -0.05) is 29.3 Å². The Morgan fingerprint density at radius 1 is 1.14 bits per heavy atom. The Hall–Kier alpha value is -3.07. The molecule has 1 aromatic heterocycles. The smallest absolute Gasteiger partial charge is 0.256 e. The highest BCUT2D eigenvalue weighted by Crippen LogP contribution is 2.26. The van der Waals surface area contributed by atoms with Gasteiger partial charge in [-0.3, -0.25) is 9.48 Å². The van der Waals surface area contributed by atoms with E-state index in [0.29, 0.717) is 42.7 Å². The van der Waals surface area contributed by atoms with Gasteiger partial charge in [-0.05, 0) is 70.5 Å². The molecule has 0 saturated carbocycles. The number of methoxy groups -OCH3 is 1. The average Bonchev–Trinajstić information content (AvgIpc) is 3.19. The summed E-state index contributed by atoms with van der Waals surface area (Å²) in [4.78, 5) is 12.9. The first-order chi connectivity index (χ1) is 16.8. The summed E-state index contributed by atoms with van der Waals surface area (Å²) in [5.74, 6) is 0.701. The molecule has 4 aromatic rings. The molecule has 6 nitrogen and oxygen atoms in total. The molecular weight excluding hydrogens is 560 g/mol. The third-order valence-electron chi connectivity index (χ3n) is 5.08. The second-order valence-corrected chi connectivity index (χ2v) is 9.14. The van der Waals surface area contributed by atoms with E-state index >= 15 is 0 Å². The van der Waals surface area contributed by atoms with Gasteiger partial charge in [0, 0.05) is 32.9 Å². The van der Waals surface area contributed by atoms with Gasteiger partial charge in [0.15, 0.2) is 5.82 Å². The zero-order valence-corrected chi connectivity index (χ0v) is 21.5. The number of benzene rings is 3. The Morgan fingerprint density at radius 3 is 2.63 bits per heavy atom. The van der Waals surface area contributed by atoms with Gasteiger partial charge in [-0.25, -0.2) is 4.39 Å². The van der Waals surface area contributed by atoms with E-state index in [0.717, 1.165) is 0 Å². The van der Waals surface area contributed by atoms with Crippen LogP contribution in [-0.2, 0) is 13.2 Å². The van der Waals surface area contributed by atoms with Crippen LogP contribution in [0.3, 0.4) is 0 Å². The second-order valence-electron chi connectivity index (χ2n) is 7.45. The SMILES string of the molecule is COc1ccc(C(=O)Nc2nn(Cc3c(F)cccc3Cl)cc2Br)cc1COc1ccc(Cl)cc1. The number of amides is 1. The molecule has 0 spiro atoms. The van der Waals surface area contributed by atoms with Crippen molar-refractivity contribution in [3.8, 4) is 11.5 Å². The summed E-state index contributed by atoms with van der Waals surface area (Å²) in [6.45, 7) is 0.294. The van der Waals surface area contributed by atoms with Crippen LogP contribution in [0.15, 0.2) is 71.3 Å². The summed E-state index contributed by atoms with van der Waals surface area (Å²) in [5.41, 5.74) is 1.38. The molecule has 4 rings (SSSR count). The minimum absolute atomic E-state index is 0.106. The van der Waals surface area contributed by atoms with E-state index in [-0.39, 0.29) is 24.9 Å². The molecule has 1 heterocycles. The van der Waals surface area contributed by atoms with Crippen molar-refractivity contribution in [1.82, 2.24) is 9.78 Å². The standard InChI is InChI=1S/C25H19BrCl2FN3O3/c1-34-23-10-5-15(11-16(23)14-35-18-8-6-17(27)7-9-18)25(33)30-24-20(26)13-32(31-24)12-19-21(28)3-2-4-22(19)29/h2-11,13H,12,14H2,1H3,(H,30,31,33). The maximum atomic E-state index is 14.1. The fraction of sp³-hybridized carbons (Fsp3) is 0.120. The summed E-state index contributed by atoms with van der Waals surface area (Å²) in [6.07, 6.45) is 1.64. The van der Waals surface area contributed by atoms with Crippen molar-refractivity contribution in [2.24, 2.45) is 0 Å². The summed E-state index contributed by atoms with van der Waals surface area (Å²) in [5, 5.41) is 8.02. The summed E-state index contributed by atoms with van der Waals surface area (Å²) in [6, 6.07) is 16.5. The zero-order chi connectivity index (χ0) is 24.9. The van der Waals surface area contributed by atoms with E-state index < -0.39 is 5.82 Å². The van der Waals surface area contributed by atoms with E-state index in [1.54, 1.807) is 61.8 Å². The van der Waals surface area contributed by atoms with Gasteiger partial charge >= 0.3 is 0 Å². The lowest BCUT2D eigenvalue weighted by Gasteiger charge is -2.12. The lowest BCUT2D eigenvalue weighted by molar-refractivity contribution is 0.102. The van der Waals surface area contributed by atoms with Crippen LogP contribution in [0.5, 0.6) is 11.5 Å². The predicted octanol–water partition coefficient (Wildman–Crippen LogP) is 6.98.